The molecule has 0 aromatic rings. The minimum Gasteiger partial charge on any atom is -0.389 e. The van der Waals surface area contributed by atoms with Gasteiger partial charge in [0.1, 0.15) is 0 Å². The lowest BCUT2D eigenvalue weighted by Gasteiger charge is -2.14. The van der Waals surface area contributed by atoms with E-state index >= 15 is 0 Å². The van der Waals surface area contributed by atoms with Gasteiger partial charge in [0.2, 0.25) is 0 Å². The third kappa shape index (κ3) is 15.8. The van der Waals surface area contributed by atoms with E-state index in [-0.39, 0.29) is 12.2 Å². The van der Waals surface area contributed by atoms with Crippen molar-refractivity contribution in [1.82, 2.24) is 5.32 Å². The fourth-order valence-corrected chi connectivity index (χ4v) is 2.02. The first kappa shape index (κ1) is 18.9. The minimum atomic E-state index is -0.378. The molecule has 0 aliphatic carbocycles. The first-order valence-corrected chi connectivity index (χ1v) is 8.17. The lowest BCUT2D eigenvalue weighted by atomic mass is 10.1. The topological polar surface area (TPSA) is 41.5 Å². The monoisotopic (exact) mass is 273 g/mol. The summed E-state index contributed by atoms with van der Waals surface area (Å²) in [5, 5.41) is 12.9. The molecule has 3 nitrogen and oxygen atoms in total. The maximum Gasteiger partial charge on any atom is 0.0897 e. The molecule has 0 rings (SSSR count). The number of unbranched alkanes of at least 4 members (excludes halogenated alkanes) is 7. The molecule has 0 aromatic heterocycles. The highest BCUT2D eigenvalue weighted by molar-refractivity contribution is 4.59. The number of nitrogens with one attached hydrogen (secondary N) is 1. The summed E-state index contributed by atoms with van der Waals surface area (Å²) in [6, 6.07) is 0. The molecule has 0 spiro atoms. The minimum absolute atomic E-state index is 0.197. The van der Waals surface area contributed by atoms with Crippen LogP contribution in [0.15, 0.2) is 0 Å². The molecule has 0 saturated heterocycles. The van der Waals surface area contributed by atoms with Crippen LogP contribution in [0.2, 0.25) is 0 Å². The third-order valence-corrected chi connectivity index (χ3v) is 3.21. The molecule has 0 aliphatic heterocycles. The predicted molar refractivity (Wildman–Crippen MR) is 82.6 cm³/mol. The van der Waals surface area contributed by atoms with Gasteiger partial charge in [0.05, 0.1) is 18.8 Å². The van der Waals surface area contributed by atoms with E-state index in [1.165, 1.54) is 51.4 Å². The number of hydrogen-bond donors (Lipinski definition) is 2. The largest absolute Gasteiger partial charge is 0.389 e. The second kappa shape index (κ2) is 14.3. The van der Waals surface area contributed by atoms with E-state index in [9.17, 15) is 5.11 Å². The summed E-state index contributed by atoms with van der Waals surface area (Å²) in [5.74, 6) is 0. The fourth-order valence-electron chi connectivity index (χ4n) is 2.02. The maximum absolute atomic E-state index is 9.63. The Morgan fingerprint density at radius 1 is 0.947 bits per heavy atom. The number of aliphatic hydroxyl groups excluding tert-OH is 1. The summed E-state index contributed by atoms with van der Waals surface area (Å²) in [6.07, 6.45) is 10.6. The summed E-state index contributed by atoms with van der Waals surface area (Å²) in [6.45, 7) is 8.31. The molecule has 2 N–H and O–H groups in total. The normalized spacial score (nSPS) is 13.1. The van der Waals surface area contributed by atoms with Crippen molar-refractivity contribution in [1.29, 1.82) is 0 Å². The van der Waals surface area contributed by atoms with Gasteiger partial charge in [-0.15, -0.1) is 0 Å². The molecule has 0 aliphatic rings. The van der Waals surface area contributed by atoms with Crippen LogP contribution in [0.3, 0.4) is 0 Å². The van der Waals surface area contributed by atoms with Gasteiger partial charge in [-0.3, -0.25) is 0 Å². The van der Waals surface area contributed by atoms with Crippen molar-refractivity contribution < 1.29 is 9.84 Å². The van der Waals surface area contributed by atoms with Crippen molar-refractivity contribution in [3.63, 3.8) is 0 Å². The van der Waals surface area contributed by atoms with Crippen molar-refractivity contribution >= 4 is 0 Å². The van der Waals surface area contributed by atoms with E-state index < -0.39 is 0 Å². The maximum atomic E-state index is 9.63. The molecule has 0 heterocycles. The Kier molecular flexibility index (Phi) is 14.2. The summed E-state index contributed by atoms with van der Waals surface area (Å²) in [4.78, 5) is 0. The van der Waals surface area contributed by atoms with E-state index in [0.29, 0.717) is 13.2 Å². The number of hydrogen-bond acceptors (Lipinski definition) is 3. The van der Waals surface area contributed by atoms with Gasteiger partial charge in [0.15, 0.2) is 0 Å². The van der Waals surface area contributed by atoms with Crippen LogP contribution in [0.4, 0.5) is 0 Å². The highest BCUT2D eigenvalue weighted by Crippen LogP contribution is 2.07. The molecule has 0 radical (unpaired) electrons. The van der Waals surface area contributed by atoms with Crippen molar-refractivity contribution in [2.45, 2.75) is 84.3 Å². The van der Waals surface area contributed by atoms with Crippen LogP contribution in [0.5, 0.6) is 0 Å². The van der Waals surface area contributed by atoms with Crippen LogP contribution >= 0.6 is 0 Å². The van der Waals surface area contributed by atoms with Crippen molar-refractivity contribution in [3.8, 4) is 0 Å². The van der Waals surface area contributed by atoms with Gasteiger partial charge in [0, 0.05) is 6.54 Å². The van der Waals surface area contributed by atoms with Crippen LogP contribution in [0.1, 0.15) is 72.1 Å². The molecular weight excluding hydrogens is 238 g/mol. The van der Waals surface area contributed by atoms with Crippen LogP contribution in [-0.4, -0.2) is 37.0 Å². The quantitative estimate of drug-likeness (QED) is 0.476. The molecule has 0 amide bonds. The highest BCUT2D eigenvalue weighted by atomic mass is 16.5. The summed E-state index contributed by atoms with van der Waals surface area (Å²) in [5.41, 5.74) is 0. The molecule has 0 saturated carbocycles. The Balaban J connectivity index is 3.09. The zero-order valence-electron chi connectivity index (χ0n) is 13.3. The Morgan fingerprint density at radius 2 is 1.53 bits per heavy atom. The predicted octanol–water partition coefficient (Wildman–Crippen LogP) is 3.50. The summed E-state index contributed by atoms with van der Waals surface area (Å²) in [7, 11) is 0. The average Bonchev–Trinajstić information content (AvgIpc) is 2.38. The summed E-state index contributed by atoms with van der Waals surface area (Å²) >= 11 is 0. The van der Waals surface area contributed by atoms with E-state index in [2.05, 4.69) is 12.2 Å². The zero-order valence-corrected chi connectivity index (χ0v) is 13.3. The number of rotatable bonds is 14. The first-order chi connectivity index (χ1) is 9.16. The van der Waals surface area contributed by atoms with E-state index in [0.717, 1.165) is 6.54 Å². The van der Waals surface area contributed by atoms with Gasteiger partial charge < -0.3 is 15.2 Å². The van der Waals surface area contributed by atoms with E-state index in [4.69, 9.17) is 4.74 Å². The molecule has 0 fully saturated rings. The van der Waals surface area contributed by atoms with Crippen LogP contribution in [0.25, 0.3) is 0 Å². The average molecular weight is 273 g/mol. The van der Waals surface area contributed by atoms with Crippen molar-refractivity contribution in [2.24, 2.45) is 0 Å². The van der Waals surface area contributed by atoms with E-state index in [1.54, 1.807) is 0 Å². The summed E-state index contributed by atoms with van der Waals surface area (Å²) < 4.78 is 5.36. The van der Waals surface area contributed by atoms with E-state index in [1.807, 2.05) is 13.8 Å². The third-order valence-electron chi connectivity index (χ3n) is 3.21. The van der Waals surface area contributed by atoms with Crippen LogP contribution < -0.4 is 5.32 Å². The standard InChI is InChI=1S/C16H35NO2/c1-4-5-6-7-8-9-10-11-12-17-13-16(18)14-19-15(2)3/h15-18H,4-14H2,1-3H3. The fraction of sp³-hybridized carbons (Fsp3) is 1.00. The molecule has 1 unspecified atom stereocenters. The lowest BCUT2D eigenvalue weighted by Crippen LogP contribution is -2.31. The van der Waals surface area contributed by atoms with Crippen molar-refractivity contribution in [2.75, 3.05) is 19.7 Å². The smallest absolute Gasteiger partial charge is 0.0897 e. The Morgan fingerprint density at radius 3 is 2.11 bits per heavy atom. The van der Waals surface area contributed by atoms with Crippen LogP contribution in [-0.2, 0) is 4.74 Å². The van der Waals surface area contributed by atoms with Gasteiger partial charge in [0.25, 0.3) is 0 Å². The van der Waals surface area contributed by atoms with Gasteiger partial charge in [-0.05, 0) is 26.8 Å². The second-order valence-electron chi connectivity index (χ2n) is 5.71. The second-order valence-corrected chi connectivity index (χ2v) is 5.71. The number of ether oxygens (including phenoxy) is 1. The Bertz CT molecular complexity index is 174. The molecule has 1 atom stereocenters. The first-order valence-electron chi connectivity index (χ1n) is 8.17. The molecule has 0 aromatic carbocycles. The zero-order chi connectivity index (χ0) is 14.3. The molecule has 19 heavy (non-hydrogen) atoms. The van der Waals surface area contributed by atoms with Gasteiger partial charge in [-0.25, -0.2) is 0 Å². The molecule has 3 heteroatoms. The Hall–Kier alpha value is -0.120. The van der Waals surface area contributed by atoms with Crippen LogP contribution in [0, 0.1) is 0 Å². The van der Waals surface area contributed by atoms with Gasteiger partial charge >= 0.3 is 0 Å². The Labute approximate surface area is 120 Å². The van der Waals surface area contributed by atoms with Crippen molar-refractivity contribution in [3.05, 3.63) is 0 Å². The highest BCUT2D eigenvalue weighted by Gasteiger charge is 2.04. The molecule has 116 valence electrons. The SMILES string of the molecule is CCCCCCCCCCNCC(O)COC(C)C. The number of aliphatic hydroxyl groups is 1. The van der Waals surface area contributed by atoms with Gasteiger partial charge in [-0.2, -0.15) is 0 Å². The molecular formula is C16H35NO2. The van der Waals surface area contributed by atoms with Gasteiger partial charge in [-0.1, -0.05) is 51.9 Å². The molecule has 0 bridgehead atoms. The lowest BCUT2D eigenvalue weighted by molar-refractivity contribution is 0.00646.